The molecule has 4 atom stereocenters. The van der Waals surface area contributed by atoms with Gasteiger partial charge in [0.05, 0.1) is 37.9 Å². The Morgan fingerprint density at radius 3 is 2.96 bits per heavy atom. The number of aliphatic hydroxyl groups is 1. The fraction of sp³-hybridized carbons (Fsp3) is 0.650. The van der Waals surface area contributed by atoms with Gasteiger partial charge in [0.25, 0.3) is 0 Å². The van der Waals surface area contributed by atoms with Crippen LogP contribution in [0.2, 0.25) is 0 Å². The molecule has 3 aliphatic heterocycles. The average molecular weight is 360 g/mol. The van der Waals surface area contributed by atoms with Crippen molar-refractivity contribution < 1.29 is 19.4 Å². The van der Waals surface area contributed by atoms with Crippen LogP contribution in [0.5, 0.6) is 0 Å². The standard InChI is InChI=1S/C20H28N2O4/c23-16-10-21-18-6-5-17(26-19(18)13-25-12-16)9-20(24)22-8-7-14-3-1-2-4-15(14)11-22/h1-4,16-19,21,23H,5-13H2/t16-,17+,18+,19-/m0/s1. The number of aliphatic hydroxyl groups excluding tert-OH is 1. The third-order valence-corrected chi connectivity index (χ3v) is 5.71. The largest absolute Gasteiger partial charge is 0.389 e. The molecular weight excluding hydrogens is 332 g/mol. The second-order valence-electron chi connectivity index (χ2n) is 7.62. The van der Waals surface area contributed by atoms with Crippen molar-refractivity contribution in [2.24, 2.45) is 0 Å². The molecular formula is C20H28N2O4. The molecule has 0 radical (unpaired) electrons. The summed E-state index contributed by atoms with van der Waals surface area (Å²) in [4.78, 5) is 14.7. The van der Waals surface area contributed by atoms with Gasteiger partial charge in [-0.05, 0) is 30.4 Å². The zero-order valence-electron chi connectivity index (χ0n) is 15.1. The molecule has 2 N–H and O–H groups in total. The molecule has 3 heterocycles. The molecule has 4 rings (SSSR count). The van der Waals surface area contributed by atoms with Crippen LogP contribution >= 0.6 is 0 Å². The number of hydrogen-bond acceptors (Lipinski definition) is 5. The Morgan fingerprint density at radius 2 is 2.08 bits per heavy atom. The lowest BCUT2D eigenvalue weighted by Crippen LogP contribution is -2.54. The van der Waals surface area contributed by atoms with Gasteiger partial charge in [-0.25, -0.2) is 0 Å². The van der Waals surface area contributed by atoms with Crippen molar-refractivity contribution in [1.82, 2.24) is 10.2 Å². The van der Waals surface area contributed by atoms with E-state index in [2.05, 4.69) is 23.5 Å². The molecule has 6 heteroatoms. The zero-order valence-corrected chi connectivity index (χ0v) is 15.1. The van der Waals surface area contributed by atoms with Crippen LogP contribution in [0.3, 0.4) is 0 Å². The number of rotatable bonds is 2. The van der Waals surface area contributed by atoms with Crippen LogP contribution in [0, 0.1) is 0 Å². The van der Waals surface area contributed by atoms with Crippen LogP contribution < -0.4 is 5.32 Å². The van der Waals surface area contributed by atoms with Crippen LogP contribution in [0.25, 0.3) is 0 Å². The summed E-state index contributed by atoms with van der Waals surface area (Å²) in [5.41, 5.74) is 2.61. The minimum Gasteiger partial charge on any atom is -0.389 e. The Morgan fingerprint density at radius 1 is 1.23 bits per heavy atom. The van der Waals surface area contributed by atoms with E-state index in [-0.39, 0.29) is 24.2 Å². The Bertz CT molecular complexity index is 638. The van der Waals surface area contributed by atoms with Crippen LogP contribution in [-0.2, 0) is 27.2 Å². The Labute approximate surface area is 154 Å². The quantitative estimate of drug-likeness (QED) is 0.819. The van der Waals surface area contributed by atoms with Gasteiger partial charge >= 0.3 is 0 Å². The Balaban J connectivity index is 1.31. The van der Waals surface area contributed by atoms with Crippen LogP contribution in [0.15, 0.2) is 24.3 Å². The minimum atomic E-state index is -0.461. The first-order valence-corrected chi connectivity index (χ1v) is 9.68. The van der Waals surface area contributed by atoms with E-state index >= 15 is 0 Å². The van der Waals surface area contributed by atoms with E-state index in [9.17, 15) is 9.90 Å². The molecule has 1 aromatic rings. The van der Waals surface area contributed by atoms with E-state index in [4.69, 9.17) is 9.47 Å². The van der Waals surface area contributed by atoms with Crippen LogP contribution in [0.1, 0.15) is 30.4 Å². The molecule has 0 saturated carbocycles. The molecule has 0 aliphatic carbocycles. The SMILES string of the molecule is O=C(C[C@H]1CC[C@H]2NC[C@H](O)COC[C@@H]2O1)N1CCc2ccccc2C1. The van der Waals surface area contributed by atoms with Crippen molar-refractivity contribution in [2.45, 2.75) is 56.6 Å². The molecule has 1 amide bonds. The number of hydrogen-bond donors (Lipinski definition) is 2. The van der Waals surface area contributed by atoms with E-state index < -0.39 is 6.10 Å². The van der Waals surface area contributed by atoms with E-state index in [0.29, 0.717) is 32.7 Å². The number of nitrogens with zero attached hydrogens (tertiary/aromatic N) is 1. The maximum atomic E-state index is 12.8. The first-order valence-electron chi connectivity index (χ1n) is 9.68. The van der Waals surface area contributed by atoms with Gasteiger partial charge in [0.1, 0.15) is 0 Å². The predicted molar refractivity (Wildman–Crippen MR) is 96.7 cm³/mol. The van der Waals surface area contributed by atoms with Gasteiger partial charge in [0, 0.05) is 25.7 Å². The number of amides is 1. The van der Waals surface area contributed by atoms with Crippen molar-refractivity contribution in [2.75, 3.05) is 26.3 Å². The monoisotopic (exact) mass is 360 g/mol. The lowest BCUT2D eigenvalue weighted by atomic mass is 9.95. The first-order chi connectivity index (χ1) is 12.7. The molecule has 6 nitrogen and oxygen atoms in total. The third-order valence-electron chi connectivity index (χ3n) is 5.71. The van der Waals surface area contributed by atoms with E-state index in [1.807, 2.05) is 11.0 Å². The molecule has 26 heavy (non-hydrogen) atoms. The highest BCUT2D eigenvalue weighted by Crippen LogP contribution is 2.25. The highest BCUT2D eigenvalue weighted by molar-refractivity contribution is 5.77. The van der Waals surface area contributed by atoms with Crippen molar-refractivity contribution in [1.29, 1.82) is 0 Å². The summed E-state index contributed by atoms with van der Waals surface area (Å²) < 4.78 is 11.7. The maximum absolute atomic E-state index is 12.8. The highest BCUT2D eigenvalue weighted by atomic mass is 16.5. The molecule has 2 fully saturated rings. The molecule has 1 aromatic carbocycles. The fourth-order valence-electron chi connectivity index (χ4n) is 4.20. The van der Waals surface area contributed by atoms with E-state index in [1.54, 1.807) is 0 Å². The topological polar surface area (TPSA) is 71.0 Å². The number of carbonyl (C=O) groups is 1. The predicted octanol–water partition coefficient (Wildman–Crippen LogP) is 0.858. The number of benzene rings is 1. The summed E-state index contributed by atoms with van der Waals surface area (Å²) >= 11 is 0. The van der Waals surface area contributed by atoms with Gasteiger partial charge in [-0.1, -0.05) is 24.3 Å². The number of carbonyl (C=O) groups excluding carboxylic acids is 1. The lowest BCUT2D eigenvalue weighted by molar-refractivity contribution is -0.145. The van der Waals surface area contributed by atoms with Gasteiger partial charge in [-0.15, -0.1) is 0 Å². The first kappa shape index (κ1) is 17.9. The maximum Gasteiger partial charge on any atom is 0.225 e. The van der Waals surface area contributed by atoms with E-state index in [0.717, 1.165) is 25.8 Å². The number of ether oxygens (including phenoxy) is 2. The van der Waals surface area contributed by atoms with Gasteiger partial charge in [0.2, 0.25) is 5.91 Å². The summed E-state index contributed by atoms with van der Waals surface area (Å²) in [5, 5.41) is 13.1. The third kappa shape index (κ3) is 4.09. The zero-order chi connectivity index (χ0) is 17.9. The molecule has 0 aromatic heterocycles. The molecule has 2 saturated heterocycles. The van der Waals surface area contributed by atoms with Gasteiger partial charge < -0.3 is 24.8 Å². The summed E-state index contributed by atoms with van der Waals surface area (Å²) in [6, 6.07) is 8.56. The molecule has 0 unspecified atom stereocenters. The smallest absolute Gasteiger partial charge is 0.225 e. The summed E-state index contributed by atoms with van der Waals surface area (Å²) in [6.07, 6.45) is 2.62. The number of fused-ring (bicyclic) bond motifs is 2. The Kier molecular flexibility index (Phi) is 5.55. The van der Waals surface area contributed by atoms with Crippen LogP contribution in [0.4, 0.5) is 0 Å². The van der Waals surface area contributed by atoms with Crippen LogP contribution in [-0.4, -0.2) is 66.6 Å². The normalized spacial score (nSPS) is 32.1. The Hall–Kier alpha value is -1.47. The van der Waals surface area contributed by atoms with Crippen molar-refractivity contribution in [3.8, 4) is 0 Å². The highest BCUT2D eigenvalue weighted by Gasteiger charge is 2.34. The van der Waals surface area contributed by atoms with Crippen molar-refractivity contribution in [3.05, 3.63) is 35.4 Å². The van der Waals surface area contributed by atoms with Gasteiger partial charge in [0.15, 0.2) is 0 Å². The number of β-amino-alcohol motifs (C(OH)–C–C–N with tert-alkyl or cyclic N) is 1. The van der Waals surface area contributed by atoms with Crippen molar-refractivity contribution >= 4 is 5.91 Å². The lowest BCUT2D eigenvalue weighted by Gasteiger charge is -2.39. The molecule has 142 valence electrons. The van der Waals surface area contributed by atoms with Gasteiger partial charge in [-0.2, -0.15) is 0 Å². The van der Waals surface area contributed by atoms with Crippen molar-refractivity contribution in [3.63, 3.8) is 0 Å². The number of nitrogens with one attached hydrogen (secondary N) is 1. The summed E-state index contributed by atoms with van der Waals surface area (Å²) in [7, 11) is 0. The molecule has 0 spiro atoms. The second kappa shape index (κ2) is 8.05. The summed E-state index contributed by atoms with van der Waals surface area (Å²) in [5.74, 6) is 0.179. The van der Waals surface area contributed by atoms with Gasteiger partial charge in [-0.3, -0.25) is 4.79 Å². The van der Waals surface area contributed by atoms with E-state index in [1.165, 1.54) is 11.1 Å². The fourth-order valence-corrected chi connectivity index (χ4v) is 4.20. The average Bonchev–Trinajstić information content (AvgIpc) is 2.65. The summed E-state index contributed by atoms with van der Waals surface area (Å²) in [6.45, 7) is 2.82. The second-order valence-corrected chi connectivity index (χ2v) is 7.62. The molecule has 3 aliphatic rings. The minimum absolute atomic E-state index is 0.0452. The molecule has 0 bridgehead atoms.